The quantitative estimate of drug-likeness (QED) is 0.725. The van der Waals surface area contributed by atoms with Gasteiger partial charge >= 0.3 is 0 Å². The fourth-order valence-corrected chi connectivity index (χ4v) is 3.95. The number of nitrogens with zero attached hydrogens (tertiary/aromatic N) is 3. The molecule has 1 fully saturated rings. The second-order valence-corrected chi connectivity index (χ2v) is 7.39. The third kappa shape index (κ3) is 3.56. The Balaban J connectivity index is 1.22. The molecule has 2 aromatic carbocycles. The first-order chi connectivity index (χ1) is 14.3. The van der Waals surface area contributed by atoms with Crippen LogP contribution in [0.25, 0.3) is 5.69 Å². The predicted molar refractivity (Wildman–Crippen MR) is 106 cm³/mol. The minimum Gasteiger partial charge on any atom is -0.454 e. The average Bonchev–Trinajstić information content (AvgIpc) is 3.44. The van der Waals surface area contributed by atoms with Crippen molar-refractivity contribution < 1.29 is 19.2 Å². The number of hydrogen-bond donors (Lipinski definition) is 1. The summed E-state index contributed by atoms with van der Waals surface area (Å²) in [4.78, 5) is 20.7. The lowest BCUT2D eigenvalue weighted by molar-refractivity contribution is -0.917. The number of fused-ring (bicyclic) bond motifs is 1. The molecule has 7 heteroatoms. The second kappa shape index (κ2) is 7.60. The molecule has 148 valence electrons. The van der Waals surface area contributed by atoms with Gasteiger partial charge in [0, 0.05) is 11.3 Å². The van der Waals surface area contributed by atoms with Crippen molar-refractivity contribution in [1.82, 2.24) is 14.5 Å². The first-order valence-corrected chi connectivity index (χ1v) is 9.87. The molecule has 0 saturated carbocycles. The summed E-state index contributed by atoms with van der Waals surface area (Å²) < 4.78 is 12.7. The number of piperazine rings is 1. The van der Waals surface area contributed by atoms with E-state index in [-0.39, 0.29) is 5.91 Å². The van der Waals surface area contributed by atoms with E-state index in [0.29, 0.717) is 12.5 Å². The number of imidazole rings is 1. The maximum Gasteiger partial charge on any atom is 0.272 e. The molecule has 29 heavy (non-hydrogen) atoms. The maximum absolute atomic E-state index is 13.1. The molecule has 3 aromatic rings. The van der Waals surface area contributed by atoms with Gasteiger partial charge in [0.2, 0.25) is 6.79 Å². The Morgan fingerprint density at radius 3 is 2.66 bits per heavy atom. The molecule has 1 aromatic heterocycles. The van der Waals surface area contributed by atoms with Crippen LogP contribution in [0, 0.1) is 0 Å². The molecule has 0 spiro atoms. The van der Waals surface area contributed by atoms with Crippen molar-refractivity contribution in [2.24, 2.45) is 0 Å². The minimum absolute atomic E-state index is 0.0356. The molecule has 5 rings (SSSR count). The normalized spacial score (nSPS) is 16.2. The topological polar surface area (TPSA) is 61.0 Å². The van der Waals surface area contributed by atoms with Crippen LogP contribution in [0.3, 0.4) is 0 Å². The average molecular weight is 391 g/mol. The molecule has 0 atom stereocenters. The lowest BCUT2D eigenvalue weighted by Crippen LogP contribution is -3.13. The smallest absolute Gasteiger partial charge is 0.272 e. The highest BCUT2D eigenvalue weighted by atomic mass is 16.7. The lowest BCUT2D eigenvalue weighted by Gasteiger charge is -2.32. The maximum atomic E-state index is 13.1. The van der Waals surface area contributed by atoms with Crippen molar-refractivity contribution in [3.8, 4) is 17.2 Å². The van der Waals surface area contributed by atoms with Crippen LogP contribution in [0.15, 0.2) is 61.1 Å². The lowest BCUT2D eigenvalue weighted by atomic mass is 10.1. The molecule has 2 aliphatic rings. The Hall–Kier alpha value is -3.32. The molecule has 7 nitrogen and oxygen atoms in total. The van der Waals surface area contributed by atoms with Crippen LogP contribution < -0.4 is 14.4 Å². The van der Waals surface area contributed by atoms with E-state index in [4.69, 9.17) is 9.47 Å². The van der Waals surface area contributed by atoms with Crippen LogP contribution in [0.4, 0.5) is 0 Å². The van der Waals surface area contributed by atoms with Crippen molar-refractivity contribution in [3.05, 3.63) is 72.3 Å². The number of amides is 1. The number of carbonyl (C=O) groups is 1. The summed E-state index contributed by atoms with van der Waals surface area (Å²) in [5.41, 5.74) is 2.78. The molecular weight excluding hydrogens is 368 g/mol. The van der Waals surface area contributed by atoms with Crippen molar-refractivity contribution >= 4 is 5.91 Å². The van der Waals surface area contributed by atoms with E-state index in [9.17, 15) is 4.79 Å². The van der Waals surface area contributed by atoms with E-state index in [1.54, 1.807) is 12.5 Å². The van der Waals surface area contributed by atoms with Crippen molar-refractivity contribution in [2.75, 3.05) is 33.0 Å². The molecule has 0 aliphatic carbocycles. The van der Waals surface area contributed by atoms with Gasteiger partial charge in [0.25, 0.3) is 5.91 Å². The van der Waals surface area contributed by atoms with Gasteiger partial charge in [-0.3, -0.25) is 9.36 Å². The largest absolute Gasteiger partial charge is 0.454 e. The third-order valence-corrected chi connectivity index (χ3v) is 5.54. The van der Waals surface area contributed by atoms with E-state index >= 15 is 0 Å². The number of carbonyl (C=O) groups excluding carboxylic acids is 1. The number of ether oxygens (including phenoxy) is 2. The Morgan fingerprint density at radius 1 is 1.03 bits per heavy atom. The van der Waals surface area contributed by atoms with Gasteiger partial charge in [-0.05, 0) is 30.3 Å². The molecule has 0 unspecified atom stereocenters. The van der Waals surface area contributed by atoms with Gasteiger partial charge in [0.15, 0.2) is 11.5 Å². The highest BCUT2D eigenvalue weighted by Crippen LogP contribution is 2.32. The highest BCUT2D eigenvalue weighted by molar-refractivity contribution is 5.93. The van der Waals surface area contributed by atoms with Gasteiger partial charge in [-0.15, -0.1) is 0 Å². The number of rotatable bonds is 4. The number of para-hydroxylation sites is 1. The Bertz CT molecular complexity index is 1010. The molecule has 1 saturated heterocycles. The Kier molecular flexibility index (Phi) is 4.65. The first kappa shape index (κ1) is 17.8. The predicted octanol–water partition coefficient (Wildman–Crippen LogP) is 1.14. The SMILES string of the molecule is O=C(c1cncn1-c1ccccc1)N1CC[NH+](Cc2ccc3c(c2)OCO3)CC1. The van der Waals surface area contributed by atoms with Crippen LogP contribution in [-0.4, -0.2) is 53.3 Å². The van der Waals surface area contributed by atoms with Crippen LogP contribution in [0.1, 0.15) is 16.1 Å². The molecule has 1 N–H and O–H groups in total. The summed E-state index contributed by atoms with van der Waals surface area (Å²) in [6, 6.07) is 16.0. The van der Waals surface area contributed by atoms with Crippen molar-refractivity contribution in [1.29, 1.82) is 0 Å². The van der Waals surface area contributed by atoms with Gasteiger partial charge in [0.05, 0.1) is 38.7 Å². The zero-order valence-electron chi connectivity index (χ0n) is 16.1. The van der Waals surface area contributed by atoms with E-state index in [1.807, 2.05) is 45.9 Å². The molecule has 1 amide bonds. The van der Waals surface area contributed by atoms with Gasteiger partial charge < -0.3 is 19.3 Å². The fraction of sp³-hybridized carbons (Fsp3) is 0.273. The Morgan fingerprint density at radius 2 is 1.83 bits per heavy atom. The highest BCUT2D eigenvalue weighted by Gasteiger charge is 2.27. The van der Waals surface area contributed by atoms with Gasteiger partial charge in [0.1, 0.15) is 12.2 Å². The van der Waals surface area contributed by atoms with Gasteiger partial charge in [-0.1, -0.05) is 18.2 Å². The molecular formula is C22H23N4O3+. The summed E-state index contributed by atoms with van der Waals surface area (Å²) in [5.74, 6) is 1.67. The number of hydrogen-bond acceptors (Lipinski definition) is 4. The van der Waals surface area contributed by atoms with Gasteiger partial charge in [-0.2, -0.15) is 0 Å². The van der Waals surface area contributed by atoms with Crippen LogP contribution in [0.2, 0.25) is 0 Å². The first-order valence-electron chi connectivity index (χ1n) is 9.87. The van der Waals surface area contributed by atoms with E-state index in [2.05, 4.69) is 17.1 Å². The third-order valence-electron chi connectivity index (χ3n) is 5.54. The molecule has 0 radical (unpaired) electrons. The van der Waals surface area contributed by atoms with Crippen LogP contribution >= 0.6 is 0 Å². The van der Waals surface area contributed by atoms with Gasteiger partial charge in [-0.25, -0.2) is 4.98 Å². The summed E-state index contributed by atoms with van der Waals surface area (Å²) >= 11 is 0. The van der Waals surface area contributed by atoms with Crippen LogP contribution in [0.5, 0.6) is 11.5 Å². The molecule has 0 bridgehead atoms. The molecule has 3 heterocycles. The summed E-state index contributed by atoms with van der Waals surface area (Å²) in [6.45, 7) is 4.52. The van der Waals surface area contributed by atoms with Crippen molar-refractivity contribution in [3.63, 3.8) is 0 Å². The second-order valence-electron chi connectivity index (χ2n) is 7.39. The summed E-state index contributed by atoms with van der Waals surface area (Å²) in [6.07, 6.45) is 3.35. The van der Waals surface area contributed by atoms with Crippen LogP contribution in [-0.2, 0) is 6.54 Å². The summed E-state index contributed by atoms with van der Waals surface area (Å²) in [7, 11) is 0. The van der Waals surface area contributed by atoms with E-state index in [0.717, 1.165) is 49.9 Å². The summed E-state index contributed by atoms with van der Waals surface area (Å²) in [5, 5.41) is 0. The zero-order valence-corrected chi connectivity index (χ0v) is 16.1. The minimum atomic E-state index is 0.0356. The standard InChI is InChI=1S/C22H22N4O3/c27-22(19-13-23-15-26(19)18-4-2-1-3-5-18)25-10-8-24(9-11-25)14-17-6-7-20-21(12-17)29-16-28-20/h1-7,12-13,15H,8-11,14,16H2/p+1. The number of aromatic nitrogens is 2. The number of quaternary nitrogens is 1. The molecule has 2 aliphatic heterocycles. The fourth-order valence-electron chi connectivity index (χ4n) is 3.95. The van der Waals surface area contributed by atoms with Crippen molar-refractivity contribution in [2.45, 2.75) is 6.54 Å². The Labute approximate surface area is 169 Å². The monoisotopic (exact) mass is 391 g/mol. The number of nitrogens with one attached hydrogen (secondary N) is 1. The van der Waals surface area contributed by atoms with E-state index in [1.165, 1.54) is 10.5 Å². The van der Waals surface area contributed by atoms with E-state index < -0.39 is 0 Å². The number of benzene rings is 2. The zero-order chi connectivity index (χ0) is 19.6.